The summed E-state index contributed by atoms with van der Waals surface area (Å²) < 4.78 is 5.43. The van der Waals surface area contributed by atoms with Gasteiger partial charge >= 0.3 is 12.1 Å². The van der Waals surface area contributed by atoms with Crippen LogP contribution < -0.4 is 10.2 Å². The lowest BCUT2D eigenvalue weighted by atomic mass is 10.0. The number of hydrogen-bond donors (Lipinski definition) is 2. The highest BCUT2D eigenvalue weighted by Gasteiger charge is 2.33. The van der Waals surface area contributed by atoms with E-state index < -0.39 is 35.7 Å². The predicted molar refractivity (Wildman–Crippen MR) is 104 cm³/mol. The maximum atomic E-state index is 12.7. The summed E-state index contributed by atoms with van der Waals surface area (Å²) in [5, 5.41) is 11.9. The first-order valence-electron chi connectivity index (χ1n) is 9.02. The van der Waals surface area contributed by atoms with Crippen LogP contribution in [0.5, 0.6) is 0 Å². The second-order valence-electron chi connectivity index (χ2n) is 7.89. The van der Waals surface area contributed by atoms with Crippen LogP contribution in [-0.2, 0) is 14.3 Å². The summed E-state index contributed by atoms with van der Waals surface area (Å²) >= 11 is 0. The number of carboxylic acid groups (broad SMARTS) is 1. The third-order valence-electron chi connectivity index (χ3n) is 3.71. The number of para-hydroxylation sites is 1. The zero-order valence-corrected chi connectivity index (χ0v) is 16.9. The lowest BCUT2D eigenvalue weighted by molar-refractivity contribution is -0.142. The SMILES string of the molecule is CC(C)C[C@H](NC(=O)[C@H](C)N(C(=O)OC(C)(C)C)c1ccccc1)C(=O)O. The van der Waals surface area contributed by atoms with Gasteiger partial charge < -0.3 is 15.2 Å². The molecule has 0 aliphatic rings. The van der Waals surface area contributed by atoms with E-state index in [1.807, 2.05) is 13.8 Å². The van der Waals surface area contributed by atoms with Crippen LogP contribution in [0.1, 0.15) is 48.0 Å². The molecule has 27 heavy (non-hydrogen) atoms. The van der Waals surface area contributed by atoms with E-state index in [9.17, 15) is 19.5 Å². The van der Waals surface area contributed by atoms with E-state index in [0.29, 0.717) is 12.1 Å². The van der Waals surface area contributed by atoms with Crippen molar-refractivity contribution >= 4 is 23.7 Å². The van der Waals surface area contributed by atoms with E-state index in [1.165, 1.54) is 4.90 Å². The molecule has 0 bridgehead atoms. The van der Waals surface area contributed by atoms with Crippen molar-refractivity contribution in [2.75, 3.05) is 4.90 Å². The Balaban J connectivity index is 3.08. The molecule has 1 aromatic carbocycles. The van der Waals surface area contributed by atoms with Gasteiger partial charge in [0.25, 0.3) is 0 Å². The van der Waals surface area contributed by atoms with Crippen LogP contribution in [0.15, 0.2) is 30.3 Å². The van der Waals surface area contributed by atoms with Crippen LogP contribution in [0.4, 0.5) is 10.5 Å². The molecular formula is C20H30N2O5. The standard InChI is InChI=1S/C20H30N2O5/c1-13(2)12-16(18(24)25)21-17(23)14(3)22(15-10-8-7-9-11-15)19(26)27-20(4,5)6/h7-11,13-14,16H,12H2,1-6H3,(H,21,23)(H,24,25)/t14-,16-/m0/s1. The first kappa shape index (κ1) is 22.5. The molecule has 0 unspecified atom stereocenters. The number of nitrogens with one attached hydrogen (secondary N) is 1. The molecule has 0 radical (unpaired) electrons. The van der Waals surface area contributed by atoms with E-state index in [1.54, 1.807) is 58.0 Å². The third kappa shape index (κ3) is 7.29. The van der Waals surface area contributed by atoms with Crippen LogP contribution in [-0.4, -0.2) is 40.8 Å². The van der Waals surface area contributed by atoms with Crippen molar-refractivity contribution in [3.8, 4) is 0 Å². The molecule has 0 heterocycles. The van der Waals surface area contributed by atoms with E-state index in [2.05, 4.69) is 5.32 Å². The molecule has 0 aliphatic heterocycles. The molecule has 1 aromatic rings. The molecule has 0 fully saturated rings. The summed E-state index contributed by atoms with van der Waals surface area (Å²) in [5.41, 5.74) is -0.244. The minimum atomic E-state index is -1.10. The van der Waals surface area contributed by atoms with E-state index in [4.69, 9.17) is 4.74 Å². The summed E-state index contributed by atoms with van der Waals surface area (Å²) in [6.07, 6.45) is -0.377. The summed E-state index contributed by atoms with van der Waals surface area (Å²) in [4.78, 5) is 38.1. The predicted octanol–water partition coefficient (Wildman–Crippen LogP) is 3.43. The molecule has 0 aromatic heterocycles. The second kappa shape index (κ2) is 9.39. The summed E-state index contributed by atoms with van der Waals surface area (Å²) in [7, 11) is 0. The second-order valence-corrected chi connectivity index (χ2v) is 7.89. The molecule has 150 valence electrons. The van der Waals surface area contributed by atoms with Gasteiger partial charge in [-0.3, -0.25) is 9.69 Å². The number of nitrogens with zero attached hydrogens (tertiary/aromatic N) is 1. The number of carbonyl (C=O) groups excluding carboxylic acids is 2. The molecule has 1 rings (SSSR count). The van der Waals surface area contributed by atoms with Crippen molar-refractivity contribution in [2.45, 2.75) is 65.6 Å². The number of ether oxygens (including phenoxy) is 1. The van der Waals surface area contributed by atoms with Crippen molar-refractivity contribution in [2.24, 2.45) is 5.92 Å². The molecular weight excluding hydrogens is 348 g/mol. The average molecular weight is 378 g/mol. The molecule has 2 N–H and O–H groups in total. The Hall–Kier alpha value is -2.57. The highest BCUT2D eigenvalue weighted by Crippen LogP contribution is 2.21. The average Bonchev–Trinajstić information content (AvgIpc) is 2.53. The first-order chi connectivity index (χ1) is 12.4. The topological polar surface area (TPSA) is 95.9 Å². The van der Waals surface area contributed by atoms with Gasteiger partial charge in [0.05, 0.1) is 0 Å². The lowest BCUT2D eigenvalue weighted by Crippen LogP contribution is -2.53. The Morgan fingerprint density at radius 1 is 1.11 bits per heavy atom. The zero-order valence-electron chi connectivity index (χ0n) is 16.9. The van der Waals surface area contributed by atoms with Gasteiger partial charge in [0, 0.05) is 5.69 Å². The number of rotatable bonds is 7. The molecule has 2 amide bonds. The third-order valence-corrected chi connectivity index (χ3v) is 3.71. The van der Waals surface area contributed by atoms with Crippen LogP contribution in [0, 0.1) is 5.92 Å². The highest BCUT2D eigenvalue weighted by atomic mass is 16.6. The minimum absolute atomic E-state index is 0.0952. The van der Waals surface area contributed by atoms with Crippen LogP contribution in [0.25, 0.3) is 0 Å². The normalized spacial score (nSPS) is 13.6. The zero-order chi connectivity index (χ0) is 20.8. The number of aliphatic carboxylic acids is 1. The Morgan fingerprint density at radius 2 is 1.67 bits per heavy atom. The number of anilines is 1. The van der Waals surface area contributed by atoms with Gasteiger partial charge in [-0.15, -0.1) is 0 Å². The Morgan fingerprint density at radius 3 is 2.11 bits per heavy atom. The van der Waals surface area contributed by atoms with Crippen LogP contribution in [0.2, 0.25) is 0 Å². The molecule has 2 atom stereocenters. The van der Waals surface area contributed by atoms with Crippen LogP contribution in [0.3, 0.4) is 0 Å². The molecule has 0 spiro atoms. The van der Waals surface area contributed by atoms with Gasteiger partial charge in [0.15, 0.2) is 0 Å². The number of hydrogen-bond acceptors (Lipinski definition) is 4. The van der Waals surface area contributed by atoms with Crippen molar-refractivity contribution < 1.29 is 24.2 Å². The maximum Gasteiger partial charge on any atom is 0.415 e. The van der Waals surface area contributed by atoms with Gasteiger partial charge in [-0.05, 0) is 52.2 Å². The van der Waals surface area contributed by atoms with Crippen molar-refractivity contribution in [3.05, 3.63) is 30.3 Å². The van der Waals surface area contributed by atoms with E-state index in [0.717, 1.165) is 0 Å². The molecule has 7 heteroatoms. The quantitative estimate of drug-likeness (QED) is 0.758. The van der Waals surface area contributed by atoms with Crippen molar-refractivity contribution in [1.29, 1.82) is 0 Å². The molecule has 0 saturated heterocycles. The van der Waals surface area contributed by atoms with E-state index in [-0.39, 0.29) is 5.92 Å². The maximum absolute atomic E-state index is 12.7. The molecule has 0 saturated carbocycles. The summed E-state index contributed by atoms with van der Waals surface area (Å²) in [6, 6.07) is 6.71. The van der Waals surface area contributed by atoms with Crippen LogP contribution >= 0.6 is 0 Å². The lowest BCUT2D eigenvalue weighted by Gasteiger charge is -2.31. The largest absolute Gasteiger partial charge is 0.480 e. The van der Waals surface area contributed by atoms with Gasteiger partial charge in [-0.2, -0.15) is 0 Å². The fraction of sp³-hybridized carbons (Fsp3) is 0.550. The van der Waals surface area contributed by atoms with E-state index >= 15 is 0 Å². The highest BCUT2D eigenvalue weighted by molar-refractivity contribution is 5.98. The smallest absolute Gasteiger partial charge is 0.415 e. The van der Waals surface area contributed by atoms with Gasteiger partial charge in [0.2, 0.25) is 5.91 Å². The number of amides is 2. The minimum Gasteiger partial charge on any atom is -0.480 e. The number of carbonyl (C=O) groups is 3. The summed E-state index contributed by atoms with van der Waals surface area (Å²) in [5.74, 6) is -1.57. The Labute approximate surface area is 160 Å². The fourth-order valence-corrected chi connectivity index (χ4v) is 2.49. The monoisotopic (exact) mass is 378 g/mol. The van der Waals surface area contributed by atoms with Gasteiger partial charge in [-0.1, -0.05) is 32.0 Å². The summed E-state index contributed by atoms with van der Waals surface area (Å²) in [6.45, 7) is 10.5. The fourth-order valence-electron chi connectivity index (χ4n) is 2.49. The van der Waals surface area contributed by atoms with Crippen molar-refractivity contribution in [3.63, 3.8) is 0 Å². The van der Waals surface area contributed by atoms with Gasteiger partial charge in [0.1, 0.15) is 17.7 Å². The Bertz CT molecular complexity index is 652. The van der Waals surface area contributed by atoms with Gasteiger partial charge in [-0.25, -0.2) is 9.59 Å². The van der Waals surface area contributed by atoms with Crippen molar-refractivity contribution in [1.82, 2.24) is 5.32 Å². The Kier molecular flexibility index (Phi) is 7.82. The number of carboxylic acids is 1. The number of benzene rings is 1. The first-order valence-corrected chi connectivity index (χ1v) is 9.02. The molecule has 7 nitrogen and oxygen atoms in total. The molecule has 0 aliphatic carbocycles.